The first-order valence-electron chi connectivity index (χ1n) is 9.19. The summed E-state index contributed by atoms with van der Waals surface area (Å²) in [5.74, 6) is 1.90. The van der Waals surface area contributed by atoms with Crippen LogP contribution in [0.4, 0.5) is 5.82 Å². The van der Waals surface area contributed by atoms with Gasteiger partial charge < -0.3 is 10.6 Å². The van der Waals surface area contributed by atoms with Crippen molar-refractivity contribution in [1.82, 2.24) is 15.3 Å². The summed E-state index contributed by atoms with van der Waals surface area (Å²) >= 11 is 3.13. The van der Waals surface area contributed by atoms with Crippen LogP contribution in [0.3, 0.4) is 0 Å². The molecule has 0 amide bonds. The number of carbonyl (C=O) groups excluding carboxylic acids is 1. The van der Waals surface area contributed by atoms with Crippen molar-refractivity contribution in [3.8, 4) is 0 Å². The number of aromatic nitrogens is 2. The summed E-state index contributed by atoms with van der Waals surface area (Å²) in [5, 5.41) is 8.43. The molecule has 150 valence electrons. The lowest BCUT2D eigenvalue weighted by Crippen LogP contribution is -2.31. The summed E-state index contributed by atoms with van der Waals surface area (Å²) in [6.07, 6.45) is 10.4. The maximum Gasteiger partial charge on any atom is 0.205 e. The van der Waals surface area contributed by atoms with Gasteiger partial charge in [-0.15, -0.1) is 36.2 Å². The molecule has 2 aliphatic rings. The molecule has 1 atom stereocenters. The van der Waals surface area contributed by atoms with Gasteiger partial charge in [0, 0.05) is 23.2 Å². The first-order valence-corrected chi connectivity index (χ1v) is 11.0. The topological polar surface area (TPSA) is 66.9 Å². The lowest BCUT2D eigenvalue weighted by molar-refractivity contribution is -0.112. The summed E-state index contributed by atoms with van der Waals surface area (Å²) in [7, 11) is 0. The fourth-order valence-electron chi connectivity index (χ4n) is 3.63. The Morgan fingerprint density at radius 3 is 2.56 bits per heavy atom. The molecular weight excluding hydrogens is 423 g/mol. The second kappa shape index (κ2) is 10.8. The van der Waals surface area contributed by atoms with E-state index in [-0.39, 0.29) is 36.0 Å². The number of anilines is 1. The summed E-state index contributed by atoms with van der Waals surface area (Å²) in [5.41, 5.74) is 0. The van der Waals surface area contributed by atoms with Crippen LogP contribution in [0, 0.1) is 0 Å². The maximum absolute atomic E-state index is 11.7. The molecule has 3 heterocycles. The number of hydrogen-bond donors (Lipinski definition) is 2. The van der Waals surface area contributed by atoms with Crippen molar-refractivity contribution in [3.05, 3.63) is 17.3 Å². The van der Waals surface area contributed by atoms with Crippen molar-refractivity contribution in [3.63, 3.8) is 0 Å². The van der Waals surface area contributed by atoms with Gasteiger partial charge in [0.05, 0.1) is 11.4 Å². The van der Waals surface area contributed by atoms with E-state index in [0.717, 1.165) is 34.8 Å². The Bertz CT molecular complexity index is 750. The number of fused-ring (bicyclic) bond motifs is 1. The highest BCUT2D eigenvalue weighted by atomic mass is 35.5. The second-order valence-corrected chi connectivity index (χ2v) is 9.09. The van der Waals surface area contributed by atoms with Crippen molar-refractivity contribution in [2.45, 2.75) is 63.6 Å². The number of thiophene rings is 1. The number of nitrogens with zero attached hydrogens (tertiary/aromatic N) is 2. The molecule has 1 saturated heterocycles. The van der Waals surface area contributed by atoms with Crippen molar-refractivity contribution >= 4 is 69.1 Å². The van der Waals surface area contributed by atoms with Gasteiger partial charge in [0.2, 0.25) is 5.12 Å². The van der Waals surface area contributed by atoms with Gasteiger partial charge in [-0.2, -0.15) is 0 Å². The van der Waals surface area contributed by atoms with E-state index in [0.29, 0.717) is 6.04 Å². The molecule has 2 aromatic heterocycles. The van der Waals surface area contributed by atoms with E-state index < -0.39 is 0 Å². The van der Waals surface area contributed by atoms with Crippen molar-refractivity contribution in [1.29, 1.82) is 0 Å². The van der Waals surface area contributed by atoms with Crippen LogP contribution in [-0.2, 0) is 11.3 Å². The van der Waals surface area contributed by atoms with Crippen LogP contribution >= 0.6 is 47.9 Å². The quantitative estimate of drug-likeness (QED) is 0.640. The molecule has 5 nitrogen and oxygen atoms in total. The molecule has 1 aliphatic carbocycles. The smallest absolute Gasteiger partial charge is 0.205 e. The molecule has 1 aliphatic heterocycles. The minimum atomic E-state index is 0. The zero-order valence-electron chi connectivity index (χ0n) is 15.1. The molecule has 2 fully saturated rings. The van der Waals surface area contributed by atoms with E-state index in [4.69, 9.17) is 0 Å². The van der Waals surface area contributed by atoms with E-state index in [1.807, 2.05) is 0 Å². The Balaban J connectivity index is 0.00000131. The van der Waals surface area contributed by atoms with Crippen LogP contribution in [-0.4, -0.2) is 32.9 Å². The van der Waals surface area contributed by atoms with Gasteiger partial charge in [-0.1, -0.05) is 37.4 Å². The number of hydrogen-bond acceptors (Lipinski definition) is 7. The third-order valence-corrected chi connectivity index (χ3v) is 7.09. The van der Waals surface area contributed by atoms with Gasteiger partial charge in [0.1, 0.15) is 17.0 Å². The lowest BCUT2D eigenvalue weighted by Gasteiger charge is -2.17. The molecule has 0 unspecified atom stereocenters. The molecule has 2 aromatic rings. The van der Waals surface area contributed by atoms with E-state index >= 15 is 0 Å². The fourth-order valence-corrected chi connectivity index (χ4v) is 5.53. The molecule has 0 bridgehead atoms. The van der Waals surface area contributed by atoms with Gasteiger partial charge in [0.25, 0.3) is 0 Å². The molecule has 1 saturated carbocycles. The largest absolute Gasteiger partial charge is 0.367 e. The number of rotatable bonds is 5. The van der Waals surface area contributed by atoms with Crippen LogP contribution in [0.15, 0.2) is 12.4 Å². The third-order valence-electron chi connectivity index (χ3n) is 5.03. The Morgan fingerprint density at radius 1 is 1.07 bits per heavy atom. The molecular formula is C18H26Cl2N4OS2. The Morgan fingerprint density at radius 2 is 1.85 bits per heavy atom. The van der Waals surface area contributed by atoms with Crippen LogP contribution in [0.2, 0.25) is 0 Å². The Labute approximate surface area is 180 Å². The second-order valence-electron chi connectivity index (χ2n) is 6.88. The van der Waals surface area contributed by atoms with Crippen molar-refractivity contribution in [2.24, 2.45) is 0 Å². The molecule has 0 spiro atoms. The Kier molecular flexibility index (Phi) is 9.08. The molecule has 0 radical (unpaired) electrons. The highest BCUT2D eigenvalue weighted by Crippen LogP contribution is 2.30. The summed E-state index contributed by atoms with van der Waals surface area (Å²) in [4.78, 5) is 22.9. The minimum absolute atomic E-state index is 0. The molecule has 4 rings (SSSR count). The Hall–Kier alpha value is -0.600. The van der Waals surface area contributed by atoms with Gasteiger partial charge in [0.15, 0.2) is 0 Å². The predicted octanol–water partition coefficient (Wildman–Crippen LogP) is 4.79. The standard InChI is InChI=1S/C18H24N4OS2.2ClH/c23-18-15(7-8-24-18)19-10-13-9-14-16(20-11-21-17(14)25-13)22-12-5-3-1-2-4-6-12;;/h9,11-12,15,19H,1-8,10H2,(H,20,21,22);2*1H/t15-;;/m1../s1. The van der Waals surface area contributed by atoms with Crippen LogP contribution in [0.25, 0.3) is 10.2 Å². The van der Waals surface area contributed by atoms with Gasteiger partial charge in [-0.05, 0) is 25.3 Å². The summed E-state index contributed by atoms with van der Waals surface area (Å²) in [6, 6.07) is 2.71. The SMILES string of the molecule is Cl.Cl.O=C1SCC[C@H]1NCc1cc2c(NC3CCCCCC3)ncnc2s1. The first kappa shape index (κ1) is 22.7. The van der Waals surface area contributed by atoms with Crippen molar-refractivity contribution in [2.75, 3.05) is 11.1 Å². The maximum atomic E-state index is 11.7. The number of thioether (sulfide) groups is 1. The molecule has 0 aromatic carbocycles. The van der Waals surface area contributed by atoms with Crippen LogP contribution in [0.5, 0.6) is 0 Å². The van der Waals surface area contributed by atoms with E-state index in [1.165, 1.54) is 55.2 Å². The normalized spacial score (nSPS) is 20.7. The zero-order valence-corrected chi connectivity index (χ0v) is 18.4. The predicted molar refractivity (Wildman–Crippen MR) is 120 cm³/mol. The number of carbonyl (C=O) groups is 1. The van der Waals surface area contributed by atoms with Crippen molar-refractivity contribution < 1.29 is 4.79 Å². The number of halogens is 2. The highest BCUT2D eigenvalue weighted by molar-refractivity contribution is 8.14. The van der Waals surface area contributed by atoms with Crippen LogP contribution in [0.1, 0.15) is 49.8 Å². The molecule has 2 N–H and O–H groups in total. The zero-order chi connectivity index (χ0) is 17.1. The van der Waals surface area contributed by atoms with Gasteiger partial charge in [-0.25, -0.2) is 9.97 Å². The fraction of sp³-hybridized carbons (Fsp3) is 0.611. The summed E-state index contributed by atoms with van der Waals surface area (Å²) in [6.45, 7) is 0.723. The molecule has 9 heteroatoms. The lowest BCUT2D eigenvalue weighted by atomic mass is 10.1. The van der Waals surface area contributed by atoms with E-state index in [1.54, 1.807) is 17.7 Å². The van der Waals surface area contributed by atoms with Gasteiger partial charge >= 0.3 is 0 Å². The minimum Gasteiger partial charge on any atom is -0.367 e. The average Bonchev–Trinajstić information content (AvgIpc) is 3.12. The number of nitrogens with one attached hydrogen (secondary N) is 2. The monoisotopic (exact) mass is 448 g/mol. The van der Waals surface area contributed by atoms with E-state index in [2.05, 4.69) is 26.7 Å². The van der Waals surface area contributed by atoms with Crippen LogP contribution < -0.4 is 10.6 Å². The van der Waals surface area contributed by atoms with Gasteiger partial charge in [-0.3, -0.25) is 4.79 Å². The highest BCUT2D eigenvalue weighted by Gasteiger charge is 2.24. The van der Waals surface area contributed by atoms with E-state index in [9.17, 15) is 4.79 Å². The third kappa shape index (κ3) is 5.70. The summed E-state index contributed by atoms with van der Waals surface area (Å²) < 4.78 is 0. The average molecular weight is 449 g/mol. The first-order chi connectivity index (χ1) is 12.3. The molecule has 27 heavy (non-hydrogen) atoms.